The van der Waals surface area contributed by atoms with Crippen LogP contribution in [0.3, 0.4) is 0 Å². The smallest absolute Gasteiger partial charge is 0.250 e. The number of amides is 2. The maximum Gasteiger partial charge on any atom is 0.250 e. The first kappa shape index (κ1) is 13.2. The molecule has 0 saturated carbocycles. The molecular formula is C13H18N4O2. The quantitative estimate of drug-likeness (QED) is 0.657. The summed E-state index contributed by atoms with van der Waals surface area (Å²) in [6, 6.07) is 4.97. The van der Waals surface area contributed by atoms with Crippen molar-refractivity contribution in [3.63, 3.8) is 0 Å². The third-order valence-corrected chi connectivity index (χ3v) is 3.43. The van der Waals surface area contributed by atoms with Crippen molar-refractivity contribution in [3.05, 3.63) is 23.8 Å². The lowest BCUT2D eigenvalue weighted by Crippen LogP contribution is -2.62. The Labute approximate surface area is 111 Å². The van der Waals surface area contributed by atoms with E-state index in [2.05, 4.69) is 5.32 Å². The van der Waals surface area contributed by atoms with E-state index in [1.54, 1.807) is 18.2 Å². The van der Waals surface area contributed by atoms with Crippen molar-refractivity contribution in [2.24, 2.45) is 5.73 Å². The third kappa shape index (κ3) is 2.21. The van der Waals surface area contributed by atoms with Gasteiger partial charge in [-0.1, -0.05) is 0 Å². The number of nitrogens with one attached hydrogen (secondary N) is 1. The molecular weight excluding hydrogens is 244 g/mol. The second-order valence-electron chi connectivity index (χ2n) is 5.11. The Balaban J connectivity index is 2.52. The van der Waals surface area contributed by atoms with Gasteiger partial charge in [0.15, 0.2) is 0 Å². The molecule has 2 rings (SSSR count). The lowest BCUT2D eigenvalue weighted by Gasteiger charge is -2.43. The van der Waals surface area contributed by atoms with Gasteiger partial charge in [0.05, 0.1) is 11.3 Å². The summed E-state index contributed by atoms with van der Waals surface area (Å²) in [7, 11) is 0. The lowest BCUT2D eigenvalue weighted by atomic mass is 9.96. The molecule has 1 aromatic rings. The van der Waals surface area contributed by atoms with E-state index in [-0.39, 0.29) is 5.91 Å². The zero-order chi connectivity index (χ0) is 14.2. The molecule has 0 aliphatic carbocycles. The zero-order valence-electron chi connectivity index (χ0n) is 11.1. The van der Waals surface area contributed by atoms with Gasteiger partial charge in [-0.05, 0) is 32.0 Å². The Hall–Kier alpha value is -2.24. The molecule has 1 aliphatic rings. The van der Waals surface area contributed by atoms with Gasteiger partial charge >= 0.3 is 0 Å². The normalized spacial score (nSPS) is 18.0. The van der Waals surface area contributed by atoms with Crippen LogP contribution in [-0.4, -0.2) is 30.4 Å². The van der Waals surface area contributed by atoms with Gasteiger partial charge in [0.25, 0.3) is 5.91 Å². The molecule has 102 valence electrons. The van der Waals surface area contributed by atoms with E-state index in [0.29, 0.717) is 30.0 Å². The molecule has 0 bridgehead atoms. The summed E-state index contributed by atoms with van der Waals surface area (Å²) >= 11 is 0. The second-order valence-corrected chi connectivity index (χ2v) is 5.11. The average Bonchev–Trinajstić information content (AvgIpc) is 2.33. The Morgan fingerprint density at radius 2 is 2.11 bits per heavy atom. The van der Waals surface area contributed by atoms with Gasteiger partial charge in [-0.15, -0.1) is 0 Å². The van der Waals surface area contributed by atoms with Gasteiger partial charge in [0.2, 0.25) is 5.91 Å². The molecule has 6 nitrogen and oxygen atoms in total. The highest BCUT2D eigenvalue weighted by atomic mass is 16.2. The predicted molar refractivity (Wildman–Crippen MR) is 73.8 cm³/mol. The van der Waals surface area contributed by atoms with E-state index in [4.69, 9.17) is 11.5 Å². The molecule has 0 atom stereocenters. The molecule has 5 N–H and O–H groups in total. The Bertz CT molecular complexity index is 539. The van der Waals surface area contributed by atoms with E-state index in [0.717, 1.165) is 0 Å². The molecule has 0 unspecified atom stereocenters. The number of hydrogen-bond donors (Lipinski definition) is 3. The molecule has 0 spiro atoms. The Morgan fingerprint density at radius 1 is 1.42 bits per heavy atom. The fourth-order valence-electron chi connectivity index (χ4n) is 2.31. The topological polar surface area (TPSA) is 101 Å². The summed E-state index contributed by atoms with van der Waals surface area (Å²) in [5.74, 6) is -0.630. The first-order valence-corrected chi connectivity index (χ1v) is 6.09. The highest BCUT2D eigenvalue weighted by molar-refractivity contribution is 6.01. The summed E-state index contributed by atoms with van der Waals surface area (Å²) in [6.07, 6.45) is 0. The highest BCUT2D eigenvalue weighted by Gasteiger charge is 2.38. The van der Waals surface area contributed by atoms with Crippen molar-refractivity contribution in [1.82, 2.24) is 5.32 Å². The van der Waals surface area contributed by atoms with Crippen LogP contribution >= 0.6 is 0 Å². The van der Waals surface area contributed by atoms with E-state index >= 15 is 0 Å². The number of nitrogens with two attached hydrogens (primary N) is 2. The summed E-state index contributed by atoms with van der Waals surface area (Å²) < 4.78 is 0. The number of nitrogens with zero attached hydrogens (tertiary/aromatic N) is 1. The number of rotatable bonds is 2. The number of hydrogen-bond acceptors (Lipinski definition) is 4. The van der Waals surface area contributed by atoms with Crippen molar-refractivity contribution < 1.29 is 9.59 Å². The van der Waals surface area contributed by atoms with E-state index < -0.39 is 11.4 Å². The zero-order valence-corrected chi connectivity index (χ0v) is 11.1. The van der Waals surface area contributed by atoms with Crippen LogP contribution in [0.1, 0.15) is 24.2 Å². The molecule has 19 heavy (non-hydrogen) atoms. The molecule has 1 saturated heterocycles. The minimum atomic E-state index is -0.738. The number of benzene rings is 1. The van der Waals surface area contributed by atoms with E-state index in [1.807, 2.05) is 18.7 Å². The number of primary amides is 1. The van der Waals surface area contributed by atoms with Gasteiger partial charge in [-0.3, -0.25) is 9.59 Å². The Kier molecular flexibility index (Phi) is 3.09. The van der Waals surface area contributed by atoms with E-state index in [1.165, 1.54) is 0 Å². The van der Waals surface area contributed by atoms with Crippen molar-refractivity contribution in [2.45, 2.75) is 19.4 Å². The fraction of sp³-hybridized carbons (Fsp3) is 0.385. The van der Waals surface area contributed by atoms with Crippen LogP contribution in [0, 0.1) is 0 Å². The second kappa shape index (κ2) is 4.46. The van der Waals surface area contributed by atoms with Crippen molar-refractivity contribution in [1.29, 1.82) is 0 Å². The largest absolute Gasteiger partial charge is 0.399 e. The average molecular weight is 262 g/mol. The maximum absolute atomic E-state index is 12.0. The van der Waals surface area contributed by atoms with Crippen molar-refractivity contribution in [3.8, 4) is 0 Å². The SMILES string of the molecule is CC1(C)C(=O)NCCN1c1ccc(N)cc1C(N)=O. The lowest BCUT2D eigenvalue weighted by molar-refractivity contribution is -0.126. The first-order valence-electron chi connectivity index (χ1n) is 6.09. The number of anilines is 2. The third-order valence-electron chi connectivity index (χ3n) is 3.43. The molecule has 1 fully saturated rings. The molecule has 1 heterocycles. The van der Waals surface area contributed by atoms with Crippen LogP contribution in [0.4, 0.5) is 11.4 Å². The van der Waals surface area contributed by atoms with Gasteiger partial charge in [0, 0.05) is 18.8 Å². The monoisotopic (exact) mass is 262 g/mol. The van der Waals surface area contributed by atoms with E-state index in [9.17, 15) is 9.59 Å². The molecule has 0 radical (unpaired) electrons. The molecule has 1 aromatic carbocycles. The molecule has 2 amide bonds. The maximum atomic E-state index is 12.0. The van der Waals surface area contributed by atoms with Crippen molar-refractivity contribution in [2.75, 3.05) is 23.7 Å². The number of carbonyl (C=O) groups excluding carboxylic acids is 2. The molecule has 0 aromatic heterocycles. The molecule has 1 aliphatic heterocycles. The fourth-order valence-corrected chi connectivity index (χ4v) is 2.31. The van der Waals surface area contributed by atoms with Gasteiger partial charge in [-0.2, -0.15) is 0 Å². The standard InChI is InChI=1S/C13H18N4O2/c1-13(2)12(19)16-5-6-17(13)10-4-3-8(14)7-9(10)11(15)18/h3-4,7H,5-6,14H2,1-2H3,(H2,15,18)(H,16,19). The highest BCUT2D eigenvalue weighted by Crippen LogP contribution is 2.30. The van der Waals surface area contributed by atoms with Gasteiger partial charge in [-0.25, -0.2) is 0 Å². The summed E-state index contributed by atoms with van der Waals surface area (Å²) in [5.41, 5.74) is 11.8. The summed E-state index contributed by atoms with van der Waals surface area (Å²) in [4.78, 5) is 25.4. The van der Waals surface area contributed by atoms with Crippen LogP contribution < -0.4 is 21.7 Å². The van der Waals surface area contributed by atoms with Crippen LogP contribution in [0.2, 0.25) is 0 Å². The summed E-state index contributed by atoms with van der Waals surface area (Å²) in [6.45, 7) is 4.76. The summed E-state index contributed by atoms with van der Waals surface area (Å²) in [5, 5.41) is 2.81. The van der Waals surface area contributed by atoms with Crippen LogP contribution in [0.5, 0.6) is 0 Å². The first-order chi connectivity index (χ1) is 8.84. The van der Waals surface area contributed by atoms with Crippen LogP contribution in [0.15, 0.2) is 18.2 Å². The van der Waals surface area contributed by atoms with Gasteiger partial charge in [0.1, 0.15) is 5.54 Å². The molecule has 6 heteroatoms. The minimum Gasteiger partial charge on any atom is -0.399 e. The van der Waals surface area contributed by atoms with Crippen LogP contribution in [-0.2, 0) is 4.79 Å². The van der Waals surface area contributed by atoms with Gasteiger partial charge < -0.3 is 21.7 Å². The number of nitrogen functional groups attached to an aromatic ring is 1. The Morgan fingerprint density at radius 3 is 2.74 bits per heavy atom. The predicted octanol–water partition coefficient (Wildman–Crippen LogP) is 0.0825. The number of piperazine rings is 1. The number of carbonyl (C=O) groups is 2. The minimum absolute atomic E-state index is 0.0778. The van der Waals surface area contributed by atoms with Crippen LogP contribution in [0.25, 0.3) is 0 Å². The van der Waals surface area contributed by atoms with Crippen molar-refractivity contribution >= 4 is 23.2 Å².